The lowest BCUT2D eigenvalue weighted by molar-refractivity contribution is -0.384. The van der Waals surface area contributed by atoms with E-state index in [1.54, 1.807) is 12.1 Å². The van der Waals surface area contributed by atoms with Crippen LogP contribution in [0.3, 0.4) is 0 Å². The van der Waals surface area contributed by atoms with Gasteiger partial charge in [0.2, 0.25) is 0 Å². The van der Waals surface area contributed by atoms with Gasteiger partial charge in [0.05, 0.1) is 4.92 Å². The predicted molar refractivity (Wildman–Crippen MR) is 74.7 cm³/mol. The van der Waals surface area contributed by atoms with Gasteiger partial charge in [-0.3, -0.25) is 10.1 Å². The Bertz CT molecular complexity index is 480. The van der Waals surface area contributed by atoms with E-state index in [4.69, 9.17) is 0 Å². The van der Waals surface area contributed by atoms with E-state index in [1.807, 2.05) is 0 Å². The molecule has 1 aromatic carbocycles. The van der Waals surface area contributed by atoms with E-state index < -0.39 is 16.9 Å². The van der Waals surface area contributed by atoms with Crippen LogP contribution in [0.5, 0.6) is 0 Å². The molecule has 108 valence electrons. The number of hydrogen-bond donors (Lipinski definition) is 2. The van der Waals surface area contributed by atoms with Crippen molar-refractivity contribution in [3.8, 4) is 0 Å². The molecule has 1 aromatic rings. The van der Waals surface area contributed by atoms with Crippen molar-refractivity contribution >= 4 is 17.3 Å². The molecule has 1 unspecified atom stereocenters. The Balaban J connectivity index is 2.07. The monoisotopic (exact) mass is 278 g/mol. The fraction of sp³-hybridized carbons (Fsp3) is 0.500. The van der Waals surface area contributed by atoms with Crippen LogP contribution in [0.4, 0.5) is 11.4 Å². The number of benzene rings is 1. The highest BCUT2D eigenvalue weighted by atomic mass is 16.6. The van der Waals surface area contributed by atoms with Crippen LogP contribution in [0.2, 0.25) is 0 Å². The minimum atomic E-state index is -0.866. The number of carbonyl (C=O) groups is 1. The van der Waals surface area contributed by atoms with E-state index in [1.165, 1.54) is 18.6 Å². The highest BCUT2D eigenvalue weighted by molar-refractivity contribution is 5.77. The van der Waals surface area contributed by atoms with Gasteiger partial charge in [-0.1, -0.05) is 19.3 Å². The van der Waals surface area contributed by atoms with E-state index in [0.717, 1.165) is 25.7 Å². The SMILES string of the molecule is O=C(O)C(Nc1ccc([N+](=O)[O-])cc1)C1CCCCC1. The molecule has 6 heteroatoms. The fourth-order valence-corrected chi connectivity index (χ4v) is 2.71. The lowest BCUT2D eigenvalue weighted by Crippen LogP contribution is -2.37. The molecule has 0 spiro atoms. The number of non-ortho nitro benzene ring substituents is 1. The second-order valence-electron chi connectivity index (χ2n) is 5.16. The molecule has 1 saturated carbocycles. The number of aliphatic carboxylic acids is 1. The third kappa shape index (κ3) is 3.46. The van der Waals surface area contributed by atoms with Gasteiger partial charge in [0.25, 0.3) is 5.69 Å². The molecular formula is C14H18N2O4. The summed E-state index contributed by atoms with van der Waals surface area (Å²) in [4.78, 5) is 21.5. The highest BCUT2D eigenvalue weighted by Crippen LogP contribution is 2.28. The quantitative estimate of drug-likeness (QED) is 0.638. The van der Waals surface area contributed by atoms with Gasteiger partial charge in [-0.05, 0) is 30.9 Å². The number of hydrogen-bond acceptors (Lipinski definition) is 4. The number of nitrogens with one attached hydrogen (secondary N) is 1. The second-order valence-corrected chi connectivity index (χ2v) is 5.16. The van der Waals surface area contributed by atoms with Crippen LogP contribution < -0.4 is 5.32 Å². The fourth-order valence-electron chi connectivity index (χ4n) is 2.71. The van der Waals surface area contributed by atoms with Crippen molar-refractivity contribution < 1.29 is 14.8 Å². The van der Waals surface area contributed by atoms with E-state index in [9.17, 15) is 20.0 Å². The normalized spacial score (nSPS) is 17.4. The summed E-state index contributed by atoms with van der Waals surface area (Å²) in [5, 5.41) is 22.9. The first-order valence-corrected chi connectivity index (χ1v) is 6.82. The molecule has 1 atom stereocenters. The Morgan fingerprint density at radius 2 is 1.85 bits per heavy atom. The molecule has 1 aliphatic rings. The van der Waals surface area contributed by atoms with Gasteiger partial charge < -0.3 is 10.4 Å². The molecule has 2 N–H and O–H groups in total. The zero-order valence-electron chi connectivity index (χ0n) is 11.1. The summed E-state index contributed by atoms with van der Waals surface area (Å²) in [6.45, 7) is 0. The van der Waals surface area contributed by atoms with Crippen molar-refractivity contribution in [2.45, 2.75) is 38.1 Å². The molecule has 0 aliphatic heterocycles. The van der Waals surface area contributed by atoms with Crippen LogP contribution in [0.15, 0.2) is 24.3 Å². The van der Waals surface area contributed by atoms with Crippen molar-refractivity contribution in [1.29, 1.82) is 0 Å². The summed E-state index contributed by atoms with van der Waals surface area (Å²) < 4.78 is 0. The van der Waals surface area contributed by atoms with E-state index in [-0.39, 0.29) is 11.6 Å². The van der Waals surface area contributed by atoms with Gasteiger partial charge in [0, 0.05) is 17.8 Å². The number of nitro groups is 1. The summed E-state index contributed by atoms with van der Waals surface area (Å²) in [7, 11) is 0. The molecule has 2 rings (SSSR count). The molecule has 0 aromatic heterocycles. The van der Waals surface area contributed by atoms with Gasteiger partial charge >= 0.3 is 5.97 Å². The maximum atomic E-state index is 11.4. The van der Waals surface area contributed by atoms with Crippen molar-refractivity contribution in [3.05, 3.63) is 34.4 Å². The number of carboxylic acid groups (broad SMARTS) is 1. The lowest BCUT2D eigenvalue weighted by atomic mass is 9.84. The summed E-state index contributed by atoms with van der Waals surface area (Å²) in [5.41, 5.74) is 0.605. The summed E-state index contributed by atoms with van der Waals surface area (Å²) in [6.07, 6.45) is 5.13. The van der Waals surface area contributed by atoms with Crippen molar-refractivity contribution in [2.75, 3.05) is 5.32 Å². The molecule has 6 nitrogen and oxygen atoms in total. The van der Waals surface area contributed by atoms with Gasteiger partial charge in [0.1, 0.15) is 6.04 Å². The Labute approximate surface area is 117 Å². The third-order valence-electron chi connectivity index (χ3n) is 3.79. The smallest absolute Gasteiger partial charge is 0.326 e. The second kappa shape index (κ2) is 6.36. The van der Waals surface area contributed by atoms with Crippen molar-refractivity contribution in [1.82, 2.24) is 0 Å². The van der Waals surface area contributed by atoms with Crippen LogP contribution in [-0.4, -0.2) is 22.0 Å². The molecule has 20 heavy (non-hydrogen) atoms. The Morgan fingerprint density at radius 1 is 1.25 bits per heavy atom. The number of anilines is 1. The Morgan fingerprint density at radius 3 is 2.35 bits per heavy atom. The zero-order valence-corrected chi connectivity index (χ0v) is 11.1. The highest BCUT2D eigenvalue weighted by Gasteiger charge is 2.29. The molecule has 0 heterocycles. The minimum absolute atomic E-state index is 0.0000846. The first kappa shape index (κ1) is 14.3. The number of nitro benzene ring substituents is 1. The maximum Gasteiger partial charge on any atom is 0.326 e. The van der Waals surface area contributed by atoms with Crippen LogP contribution >= 0.6 is 0 Å². The number of nitrogens with zero attached hydrogens (tertiary/aromatic N) is 1. The summed E-state index contributed by atoms with van der Waals surface area (Å²) in [5.74, 6) is -0.744. The van der Waals surface area contributed by atoms with Gasteiger partial charge in [0.15, 0.2) is 0 Å². The Hall–Kier alpha value is -2.11. The molecule has 0 amide bonds. The van der Waals surface area contributed by atoms with Crippen LogP contribution in [0, 0.1) is 16.0 Å². The molecule has 0 bridgehead atoms. The molecule has 0 saturated heterocycles. The number of carboxylic acids is 1. The topological polar surface area (TPSA) is 92.5 Å². The van der Waals surface area contributed by atoms with Gasteiger partial charge in [-0.15, -0.1) is 0 Å². The standard InChI is InChI=1S/C14H18N2O4/c17-14(18)13(10-4-2-1-3-5-10)15-11-6-8-12(9-7-11)16(19)20/h6-10,13,15H,1-5H2,(H,17,18). The van der Waals surface area contributed by atoms with Crippen LogP contribution in [-0.2, 0) is 4.79 Å². The molecular weight excluding hydrogens is 260 g/mol. The van der Waals surface area contributed by atoms with Crippen LogP contribution in [0.1, 0.15) is 32.1 Å². The molecule has 1 fully saturated rings. The average Bonchev–Trinajstić information content (AvgIpc) is 2.46. The van der Waals surface area contributed by atoms with Gasteiger partial charge in [-0.25, -0.2) is 4.79 Å². The molecule has 0 radical (unpaired) electrons. The maximum absolute atomic E-state index is 11.4. The van der Waals surface area contributed by atoms with E-state index in [2.05, 4.69) is 5.32 Å². The largest absolute Gasteiger partial charge is 0.480 e. The van der Waals surface area contributed by atoms with E-state index >= 15 is 0 Å². The van der Waals surface area contributed by atoms with Crippen molar-refractivity contribution in [3.63, 3.8) is 0 Å². The first-order valence-electron chi connectivity index (χ1n) is 6.82. The lowest BCUT2D eigenvalue weighted by Gasteiger charge is -2.28. The third-order valence-corrected chi connectivity index (χ3v) is 3.79. The summed E-state index contributed by atoms with van der Waals surface area (Å²) >= 11 is 0. The minimum Gasteiger partial charge on any atom is -0.480 e. The zero-order chi connectivity index (χ0) is 14.5. The average molecular weight is 278 g/mol. The number of rotatable bonds is 5. The molecule has 1 aliphatic carbocycles. The first-order chi connectivity index (χ1) is 9.58. The van der Waals surface area contributed by atoms with Crippen LogP contribution in [0.25, 0.3) is 0 Å². The van der Waals surface area contributed by atoms with E-state index in [0.29, 0.717) is 5.69 Å². The summed E-state index contributed by atoms with van der Waals surface area (Å²) in [6, 6.07) is 5.23. The Kier molecular flexibility index (Phi) is 4.55. The van der Waals surface area contributed by atoms with Crippen molar-refractivity contribution in [2.24, 2.45) is 5.92 Å². The van der Waals surface area contributed by atoms with Gasteiger partial charge in [-0.2, -0.15) is 0 Å². The predicted octanol–water partition coefficient (Wildman–Crippen LogP) is 3.04.